The van der Waals surface area contributed by atoms with E-state index < -0.39 is 17.7 Å². The fourth-order valence-corrected chi connectivity index (χ4v) is 3.70. The number of carbonyl (C=O) groups excluding carboxylic acids is 3. The molecule has 3 rings (SSSR count). The van der Waals surface area contributed by atoms with Crippen LogP contribution in [0.25, 0.3) is 0 Å². The van der Waals surface area contributed by atoms with E-state index in [2.05, 4.69) is 35.0 Å². The minimum absolute atomic E-state index is 0.221. The van der Waals surface area contributed by atoms with Gasteiger partial charge in [0.2, 0.25) is 0 Å². The maximum Gasteiger partial charge on any atom is 0.329 e. The van der Waals surface area contributed by atoms with Crippen LogP contribution in [0.5, 0.6) is 11.5 Å². The molecule has 11 heteroatoms. The number of carbonyl (C=O) groups is 3. The van der Waals surface area contributed by atoms with Crippen LogP contribution in [-0.2, 0) is 20.9 Å². The number of nitrogens with zero attached hydrogens (tertiary/aromatic N) is 1. The smallest absolute Gasteiger partial charge is 0.329 e. The zero-order chi connectivity index (χ0) is 29.1. The molecule has 0 aromatic heterocycles. The van der Waals surface area contributed by atoms with Gasteiger partial charge in [0.25, 0.3) is 5.91 Å². The fraction of sp³-hybridized carbons (Fsp3) is 0.241. The SMILES string of the molecule is CCOc1cc(/C=N\NC(=O)C(=O)NCc2ccc(C(C)C)cc2)ccc1OCC(=O)Nc1ccc(Cl)c(Cl)c1. The fourth-order valence-electron chi connectivity index (χ4n) is 3.41. The van der Waals surface area contributed by atoms with Crippen LogP contribution in [0, 0.1) is 0 Å². The second-order valence-corrected chi connectivity index (χ2v) is 9.70. The predicted molar refractivity (Wildman–Crippen MR) is 156 cm³/mol. The zero-order valence-electron chi connectivity index (χ0n) is 22.3. The summed E-state index contributed by atoms with van der Waals surface area (Å²) in [7, 11) is 0. The van der Waals surface area contributed by atoms with Gasteiger partial charge in [-0.2, -0.15) is 5.10 Å². The summed E-state index contributed by atoms with van der Waals surface area (Å²) in [4.78, 5) is 36.5. The first kappa shape index (κ1) is 30.5. The normalized spacial score (nSPS) is 10.8. The third-order valence-electron chi connectivity index (χ3n) is 5.52. The van der Waals surface area contributed by atoms with Gasteiger partial charge in [-0.1, -0.05) is 61.3 Å². The molecule has 0 bridgehead atoms. The molecule has 0 aliphatic carbocycles. The largest absolute Gasteiger partial charge is 0.490 e. The second-order valence-electron chi connectivity index (χ2n) is 8.88. The highest BCUT2D eigenvalue weighted by atomic mass is 35.5. The van der Waals surface area contributed by atoms with Gasteiger partial charge in [0, 0.05) is 12.2 Å². The van der Waals surface area contributed by atoms with Gasteiger partial charge < -0.3 is 20.1 Å². The van der Waals surface area contributed by atoms with E-state index in [9.17, 15) is 14.4 Å². The molecule has 3 N–H and O–H groups in total. The zero-order valence-corrected chi connectivity index (χ0v) is 23.8. The third-order valence-corrected chi connectivity index (χ3v) is 6.25. The molecule has 9 nitrogen and oxygen atoms in total. The van der Waals surface area contributed by atoms with Crippen molar-refractivity contribution in [3.8, 4) is 11.5 Å². The Bertz CT molecular complexity index is 1380. The van der Waals surface area contributed by atoms with Crippen LogP contribution in [-0.4, -0.2) is 37.1 Å². The first-order chi connectivity index (χ1) is 19.2. The number of rotatable bonds is 11. The number of benzene rings is 3. The monoisotopic (exact) mass is 584 g/mol. The topological polar surface area (TPSA) is 118 Å². The number of nitrogens with one attached hydrogen (secondary N) is 3. The van der Waals surface area contributed by atoms with Gasteiger partial charge in [-0.05, 0) is 65.9 Å². The van der Waals surface area contributed by atoms with Crippen molar-refractivity contribution >= 4 is 52.8 Å². The number of hydrazone groups is 1. The molecule has 0 fully saturated rings. The first-order valence-electron chi connectivity index (χ1n) is 12.5. The standard InChI is InChI=1S/C29H30Cl2N4O5/c1-4-39-26-13-20(7-12-25(26)40-17-27(36)34-22-10-11-23(30)24(31)14-22)16-33-35-29(38)28(37)32-15-19-5-8-21(9-6-19)18(2)3/h5-14,16,18H,4,15,17H2,1-3H3,(H,32,37)(H,34,36)(H,35,38)/b33-16-. The molecule has 0 aliphatic heterocycles. The molecule has 3 amide bonds. The lowest BCUT2D eigenvalue weighted by Gasteiger charge is -2.13. The molecule has 0 saturated carbocycles. The van der Waals surface area contributed by atoms with Crippen LogP contribution in [0.4, 0.5) is 5.69 Å². The number of hydrogen-bond donors (Lipinski definition) is 3. The maximum atomic E-state index is 12.3. The van der Waals surface area contributed by atoms with Gasteiger partial charge in [-0.25, -0.2) is 5.43 Å². The van der Waals surface area contributed by atoms with E-state index in [0.717, 1.165) is 5.56 Å². The summed E-state index contributed by atoms with van der Waals surface area (Å²) in [5.74, 6) is -0.973. The molecular weight excluding hydrogens is 555 g/mol. The highest BCUT2D eigenvalue weighted by Crippen LogP contribution is 2.28. The lowest BCUT2D eigenvalue weighted by Crippen LogP contribution is -2.37. The molecule has 0 heterocycles. The van der Waals surface area contributed by atoms with Gasteiger partial charge in [0.15, 0.2) is 18.1 Å². The molecule has 0 radical (unpaired) electrons. The summed E-state index contributed by atoms with van der Waals surface area (Å²) in [6.45, 7) is 6.30. The van der Waals surface area contributed by atoms with Crippen molar-refractivity contribution in [2.24, 2.45) is 5.10 Å². The van der Waals surface area contributed by atoms with Crippen molar-refractivity contribution in [2.45, 2.75) is 33.2 Å². The highest BCUT2D eigenvalue weighted by molar-refractivity contribution is 6.42. The van der Waals surface area contributed by atoms with Crippen molar-refractivity contribution in [1.29, 1.82) is 0 Å². The van der Waals surface area contributed by atoms with Gasteiger partial charge in [-0.15, -0.1) is 0 Å². The Balaban J connectivity index is 1.51. The van der Waals surface area contributed by atoms with Crippen molar-refractivity contribution in [3.05, 3.63) is 87.4 Å². The Hall–Kier alpha value is -4.08. The van der Waals surface area contributed by atoms with Crippen LogP contribution in [0.2, 0.25) is 10.0 Å². The molecule has 0 atom stereocenters. The molecule has 3 aromatic rings. The van der Waals surface area contributed by atoms with Gasteiger partial charge in [-0.3, -0.25) is 14.4 Å². The van der Waals surface area contributed by atoms with Gasteiger partial charge in [0.05, 0.1) is 22.9 Å². The van der Waals surface area contributed by atoms with Crippen LogP contribution < -0.4 is 25.5 Å². The maximum absolute atomic E-state index is 12.3. The number of amides is 3. The molecule has 0 unspecified atom stereocenters. The van der Waals surface area contributed by atoms with Crippen LogP contribution in [0.3, 0.4) is 0 Å². The molecule has 40 heavy (non-hydrogen) atoms. The van der Waals surface area contributed by atoms with Crippen molar-refractivity contribution in [3.63, 3.8) is 0 Å². The predicted octanol–water partition coefficient (Wildman–Crippen LogP) is 5.30. The Morgan fingerprint density at radius 1 is 0.900 bits per heavy atom. The quantitative estimate of drug-likeness (QED) is 0.160. The summed E-state index contributed by atoms with van der Waals surface area (Å²) in [6, 6.07) is 17.5. The highest BCUT2D eigenvalue weighted by Gasteiger charge is 2.13. The molecule has 0 saturated heterocycles. The van der Waals surface area contributed by atoms with E-state index in [1.165, 1.54) is 17.8 Å². The van der Waals surface area contributed by atoms with Crippen LogP contribution >= 0.6 is 23.2 Å². The molecule has 0 spiro atoms. The Morgan fingerprint density at radius 3 is 2.33 bits per heavy atom. The lowest BCUT2D eigenvalue weighted by molar-refractivity contribution is -0.139. The van der Waals surface area contributed by atoms with Crippen LogP contribution in [0.1, 0.15) is 43.4 Å². The minimum Gasteiger partial charge on any atom is -0.490 e. The van der Waals surface area contributed by atoms with Gasteiger partial charge >= 0.3 is 11.8 Å². The summed E-state index contributed by atoms with van der Waals surface area (Å²) < 4.78 is 11.2. The van der Waals surface area contributed by atoms with Gasteiger partial charge in [0.1, 0.15) is 0 Å². The molecule has 3 aromatic carbocycles. The Labute approximate surface area is 242 Å². The molecular formula is C29H30Cl2N4O5. The number of anilines is 1. The van der Waals surface area contributed by atoms with Crippen LogP contribution in [0.15, 0.2) is 65.8 Å². The lowest BCUT2D eigenvalue weighted by atomic mass is 10.0. The average Bonchev–Trinajstić information content (AvgIpc) is 2.93. The van der Waals surface area contributed by atoms with E-state index in [1.807, 2.05) is 24.3 Å². The van der Waals surface area contributed by atoms with Crippen molar-refractivity contribution < 1.29 is 23.9 Å². The van der Waals surface area contributed by atoms with E-state index in [0.29, 0.717) is 45.3 Å². The third kappa shape index (κ3) is 9.29. The first-order valence-corrected chi connectivity index (χ1v) is 13.3. The summed E-state index contributed by atoms with van der Waals surface area (Å²) >= 11 is 11.9. The Morgan fingerprint density at radius 2 is 1.65 bits per heavy atom. The van der Waals surface area contributed by atoms with E-state index in [-0.39, 0.29) is 13.2 Å². The Kier molecular flexibility index (Phi) is 11.4. The second kappa shape index (κ2) is 14.9. The van der Waals surface area contributed by atoms with Crippen molar-refractivity contribution in [1.82, 2.24) is 10.7 Å². The molecule has 0 aliphatic rings. The summed E-state index contributed by atoms with van der Waals surface area (Å²) in [5, 5.41) is 9.79. The summed E-state index contributed by atoms with van der Waals surface area (Å²) in [5.41, 5.74) is 5.33. The van der Waals surface area contributed by atoms with Crippen molar-refractivity contribution in [2.75, 3.05) is 18.5 Å². The van der Waals surface area contributed by atoms with E-state index in [4.69, 9.17) is 32.7 Å². The van der Waals surface area contributed by atoms with E-state index in [1.54, 1.807) is 37.3 Å². The number of hydrogen-bond acceptors (Lipinski definition) is 6. The number of halogens is 2. The van der Waals surface area contributed by atoms with E-state index >= 15 is 0 Å². The molecule has 210 valence electrons. The number of ether oxygens (including phenoxy) is 2. The average molecular weight is 585 g/mol. The summed E-state index contributed by atoms with van der Waals surface area (Å²) in [6.07, 6.45) is 1.36. The minimum atomic E-state index is -0.895.